The molecule has 1 atom stereocenters. The molecular weight excluding hydrogens is 248 g/mol. The molecule has 0 aliphatic rings. The Kier molecular flexibility index (Phi) is 4.80. The van der Waals surface area contributed by atoms with Crippen molar-refractivity contribution in [3.8, 4) is 5.75 Å². The average Bonchev–Trinajstić information content (AvgIpc) is 2.43. The Morgan fingerprint density at radius 2 is 1.70 bits per heavy atom. The highest BCUT2D eigenvalue weighted by molar-refractivity contribution is 5.42. The molecule has 0 aliphatic heterocycles. The van der Waals surface area contributed by atoms with E-state index >= 15 is 0 Å². The van der Waals surface area contributed by atoms with Crippen molar-refractivity contribution in [3.63, 3.8) is 0 Å². The minimum Gasteiger partial charge on any atom is -0.493 e. The van der Waals surface area contributed by atoms with E-state index in [2.05, 4.69) is 13.0 Å². The monoisotopic (exact) mass is 270 g/mol. The normalized spacial score (nSPS) is 12.2. The van der Waals surface area contributed by atoms with Crippen LogP contribution in [0.3, 0.4) is 0 Å². The zero-order valence-electron chi connectivity index (χ0n) is 12.4. The number of hydrogen-bond acceptors (Lipinski definition) is 2. The molecule has 2 rings (SSSR count). The van der Waals surface area contributed by atoms with Crippen LogP contribution >= 0.6 is 0 Å². The van der Waals surface area contributed by atoms with Crippen LogP contribution in [-0.4, -0.2) is 11.7 Å². The van der Waals surface area contributed by atoms with E-state index < -0.39 is 6.10 Å². The molecule has 0 heterocycles. The van der Waals surface area contributed by atoms with E-state index in [1.165, 1.54) is 0 Å². The number of benzene rings is 2. The number of rotatable bonds is 5. The van der Waals surface area contributed by atoms with Gasteiger partial charge in [-0.25, -0.2) is 0 Å². The maximum atomic E-state index is 10.6. The van der Waals surface area contributed by atoms with Gasteiger partial charge in [-0.15, -0.1) is 0 Å². The van der Waals surface area contributed by atoms with Crippen LogP contribution in [-0.2, 0) is 0 Å². The number of para-hydroxylation sites is 1. The van der Waals surface area contributed by atoms with Gasteiger partial charge in [0, 0.05) is 5.56 Å². The van der Waals surface area contributed by atoms with Crippen molar-refractivity contribution in [2.45, 2.75) is 33.3 Å². The van der Waals surface area contributed by atoms with Crippen LogP contribution in [0.1, 0.15) is 41.7 Å². The molecule has 0 amide bonds. The van der Waals surface area contributed by atoms with Gasteiger partial charge in [-0.2, -0.15) is 0 Å². The molecule has 0 fully saturated rings. The lowest BCUT2D eigenvalue weighted by atomic mass is 9.97. The second-order valence-corrected chi connectivity index (χ2v) is 5.21. The zero-order chi connectivity index (χ0) is 14.5. The van der Waals surface area contributed by atoms with Gasteiger partial charge in [-0.1, -0.05) is 54.4 Å². The van der Waals surface area contributed by atoms with Crippen LogP contribution in [0.25, 0.3) is 0 Å². The fourth-order valence-electron chi connectivity index (χ4n) is 2.40. The summed E-state index contributed by atoms with van der Waals surface area (Å²) in [4.78, 5) is 0. The topological polar surface area (TPSA) is 29.5 Å². The predicted molar refractivity (Wildman–Crippen MR) is 82.2 cm³/mol. The summed E-state index contributed by atoms with van der Waals surface area (Å²) in [5.74, 6) is 0.765. The summed E-state index contributed by atoms with van der Waals surface area (Å²) in [5.41, 5.74) is 4.05. The Bertz CT molecular complexity index is 555. The summed E-state index contributed by atoms with van der Waals surface area (Å²) in [6, 6.07) is 13.9. The third kappa shape index (κ3) is 3.40. The first-order valence-corrected chi connectivity index (χ1v) is 7.09. The zero-order valence-corrected chi connectivity index (χ0v) is 12.4. The van der Waals surface area contributed by atoms with Crippen molar-refractivity contribution >= 4 is 0 Å². The molecule has 2 aromatic rings. The summed E-state index contributed by atoms with van der Waals surface area (Å²) >= 11 is 0. The number of aryl methyl sites for hydroxylation is 2. The number of hydrogen-bond donors (Lipinski definition) is 1. The van der Waals surface area contributed by atoms with Crippen LogP contribution in [0.15, 0.2) is 42.5 Å². The second kappa shape index (κ2) is 6.58. The Morgan fingerprint density at radius 1 is 1.05 bits per heavy atom. The summed E-state index contributed by atoms with van der Waals surface area (Å²) in [7, 11) is 0. The molecule has 0 aromatic heterocycles. The first-order chi connectivity index (χ1) is 9.61. The fraction of sp³-hybridized carbons (Fsp3) is 0.333. The first-order valence-electron chi connectivity index (χ1n) is 7.09. The molecule has 106 valence electrons. The summed E-state index contributed by atoms with van der Waals surface area (Å²) in [6.45, 7) is 6.82. The summed E-state index contributed by atoms with van der Waals surface area (Å²) in [6.07, 6.45) is 0.301. The minimum atomic E-state index is -0.651. The Morgan fingerprint density at radius 3 is 2.35 bits per heavy atom. The van der Waals surface area contributed by atoms with E-state index in [9.17, 15) is 5.11 Å². The van der Waals surface area contributed by atoms with Crippen molar-refractivity contribution in [3.05, 3.63) is 64.7 Å². The Hall–Kier alpha value is -1.80. The smallest absolute Gasteiger partial charge is 0.125 e. The van der Waals surface area contributed by atoms with E-state index in [4.69, 9.17) is 4.74 Å². The Labute approximate surface area is 121 Å². The van der Waals surface area contributed by atoms with Crippen LogP contribution in [0.2, 0.25) is 0 Å². The molecule has 0 spiro atoms. The molecule has 1 N–H and O–H groups in total. The van der Waals surface area contributed by atoms with Gasteiger partial charge in [0.2, 0.25) is 0 Å². The van der Waals surface area contributed by atoms with Crippen LogP contribution in [0, 0.1) is 13.8 Å². The van der Waals surface area contributed by atoms with Gasteiger partial charge in [0.25, 0.3) is 0 Å². The SMILES string of the molecule is CCCOc1ccccc1C(O)c1cc(C)cc(C)c1. The van der Waals surface area contributed by atoms with Gasteiger partial charge in [0.15, 0.2) is 0 Å². The highest BCUT2D eigenvalue weighted by Gasteiger charge is 2.15. The van der Waals surface area contributed by atoms with E-state index in [-0.39, 0.29) is 0 Å². The molecule has 20 heavy (non-hydrogen) atoms. The van der Waals surface area contributed by atoms with E-state index in [1.54, 1.807) is 0 Å². The molecule has 0 bridgehead atoms. The standard InChI is InChI=1S/C18H22O2/c1-4-9-20-17-8-6-5-7-16(17)18(19)15-11-13(2)10-14(3)12-15/h5-8,10-12,18-19H,4,9H2,1-3H3. The minimum absolute atomic E-state index is 0.651. The predicted octanol–water partition coefficient (Wildman–Crippen LogP) is 4.17. The third-order valence-corrected chi connectivity index (χ3v) is 3.24. The van der Waals surface area contributed by atoms with Gasteiger partial charge < -0.3 is 9.84 Å². The van der Waals surface area contributed by atoms with Crippen molar-refractivity contribution < 1.29 is 9.84 Å². The lowest BCUT2D eigenvalue weighted by molar-refractivity contribution is 0.210. The van der Waals surface area contributed by atoms with E-state index in [0.29, 0.717) is 6.61 Å². The van der Waals surface area contributed by atoms with Crippen molar-refractivity contribution in [1.82, 2.24) is 0 Å². The number of aliphatic hydroxyl groups is 1. The average molecular weight is 270 g/mol. The summed E-state index contributed by atoms with van der Waals surface area (Å²) < 4.78 is 5.73. The lowest BCUT2D eigenvalue weighted by Crippen LogP contribution is -2.05. The largest absolute Gasteiger partial charge is 0.493 e. The Balaban J connectivity index is 2.34. The summed E-state index contributed by atoms with van der Waals surface area (Å²) in [5, 5.41) is 10.6. The van der Waals surface area contributed by atoms with Gasteiger partial charge in [0.05, 0.1) is 6.61 Å². The van der Waals surface area contributed by atoms with Crippen LogP contribution in [0.5, 0.6) is 5.75 Å². The molecule has 2 heteroatoms. The lowest BCUT2D eigenvalue weighted by Gasteiger charge is -2.17. The maximum absolute atomic E-state index is 10.6. The van der Waals surface area contributed by atoms with Gasteiger partial charge in [-0.3, -0.25) is 0 Å². The first kappa shape index (κ1) is 14.6. The number of aliphatic hydroxyl groups excluding tert-OH is 1. The highest BCUT2D eigenvalue weighted by atomic mass is 16.5. The molecule has 2 nitrogen and oxygen atoms in total. The quantitative estimate of drug-likeness (QED) is 0.883. The van der Waals surface area contributed by atoms with Crippen LogP contribution in [0.4, 0.5) is 0 Å². The second-order valence-electron chi connectivity index (χ2n) is 5.21. The third-order valence-electron chi connectivity index (χ3n) is 3.24. The molecule has 1 unspecified atom stereocenters. The van der Waals surface area contributed by atoms with Crippen molar-refractivity contribution in [2.75, 3.05) is 6.61 Å². The van der Waals surface area contributed by atoms with Gasteiger partial charge in [0.1, 0.15) is 11.9 Å². The molecule has 0 radical (unpaired) electrons. The van der Waals surface area contributed by atoms with Crippen molar-refractivity contribution in [2.24, 2.45) is 0 Å². The van der Waals surface area contributed by atoms with Crippen molar-refractivity contribution in [1.29, 1.82) is 0 Å². The highest BCUT2D eigenvalue weighted by Crippen LogP contribution is 2.30. The van der Waals surface area contributed by atoms with Crippen LogP contribution < -0.4 is 4.74 Å². The fourth-order valence-corrected chi connectivity index (χ4v) is 2.40. The molecule has 2 aromatic carbocycles. The van der Waals surface area contributed by atoms with Gasteiger partial charge >= 0.3 is 0 Å². The molecule has 0 saturated heterocycles. The molecule has 0 saturated carbocycles. The van der Waals surface area contributed by atoms with Gasteiger partial charge in [-0.05, 0) is 31.9 Å². The molecule has 0 aliphatic carbocycles. The van der Waals surface area contributed by atoms with E-state index in [1.807, 2.05) is 50.2 Å². The maximum Gasteiger partial charge on any atom is 0.125 e. The molecular formula is C18H22O2. The van der Waals surface area contributed by atoms with E-state index in [0.717, 1.165) is 34.4 Å². The number of ether oxygens (including phenoxy) is 1.